The lowest BCUT2D eigenvalue weighted by molar-refractivity contribution is 0.0923. The van der Waals surface area contributed by atoms with Crippen molar-refractivity contribution in [3.63, 3.8) is 0 Å². The summed E-state index contributed by atoms with van der Waals surface area (Å²) >= 11 is 0. The lowest BCUT2D eigenvalue weighted by Crippen LogP contribution is -2.41. The molecular formula is C12H15N3O. The number of aromatic nitrogens is 1. The maximum absolute atomic E-state index is 11.7. The summed E-state index contributed by atoms with van der Waals surface area (Å²) in [5.41, 5.74) is 7.04. The maximum atomic E-state index is 11.7. The van der Waals surface area contributed by atoms with E-state index in [1.54, 1.807) is 0 Å². The number of para-hydroxylation sites is 1. The SMILES string of the molecule is CC(C)NNC(=O)c1cc2ccccc2[nH]1. The van der Waals surface area contributed by atoms with Crippen LogP contribution >= 0.6 is 0 Å². The van der Waals surface area contributed by atoms with Crippen LogP contribution in [0, 0.1) is 0 Å². The van der Waals surface area contributed by atoms with Gasteiger partial charge < -0.3 is 4.98 Å². The minimum atomic E-state index is -0.148. The van der Waals surface area contributed by atoms with E-state index in [2.05, 4.69) is 15.8 Å². The molecule has 0 spiro atoms. The van der Waals surface area contributed by atoms with Gasteiger partial charge >= 0.3 is 0 Å². The zero-order valence-corrected chi connectivity index (χ0v) is 9.37. The van der Waals surface area contributed by atoms with Gasteiger partial charge in [0.05, 0.1) is 0 Å². The summed E-state index contributed by atoms with van der Waals surface area (Å²) in [5.74, 6) is -0.148. The zero-order valence-electron chi connectivity index (χ0n) is 9.37. The Labute approximate surface area is 94.0 Å². The van der Waals surface area contributed by atoms with Crippen LogP contribution in [0.4, 0.5) is 0 Å². The summed E-state index contributed by atoms with van der Waals surface area (Å²) < 4.78 is 0. The van der Waals surface area contributed by atoms with Crippen molar-refractivity contribution in [1.82, 2.24) is 15.8 Å². The van der Waals surface area contributed by atoms with Crippen LogP contribution in [-0.2, 0) is 0 Å². The van der Waals surface area contributed by atoms with E-state index in [0.29, 0.717) is 5.69 Å². The number of benzene rings is 1. The Bertz CT molecular complexity index is 469. The first kappa shape index (κ1) is 10.7. The number of carbonyl (C=O) groups excluding carboxylic acids is 1. The van der Waals surface area contributed by atoms with Gasteiger partial charge in [-0.1, -0.05) is 18.2 Å². The van der Waals surface area contributed by atoms with Crippen LogP contribution in [0.15, 0.2) is 30.3 Å². The molecule has 0 aliphatic carbocycles. The predicted octanol–water partition coefficient (Wildman–Crippen LogP) is 1.81. The number of nitrogens with one attached hydrogen (secondary N) is 3. The first-order valence-electron chi connectivity index (χ1n) is 5.30. The summed E-state index contributed by atoms with van der Waals surface area (Å²) in [5, 5.41) is 1.04. The molecule has 1 heterocycles. The third-order valence-corrected chi connectivity index (χ3v) is 2.25. The molecule has 84 valence electrons. The van der Waals surface area contributed by atoms with Crippen molar-refractivity contribution in [3.8, 4) is 0 Å². The highest BCUT2D eigenvalue weighted by molar-refractivity contribution is 5.97. The standard InChI is InChI=1S/C12H15N3O/c1-8(2)14-15-12(16)11-7-9-5-3-4-6-10(9)13-11/h3-8,13-14H,1-2H3,(H,15,16). The van der Waals surface area contributed by atoms with Crippen molar-refractivity contribution in [2.45, 2.75) is 19.9 Å². The van der Waals surface area contributed by atoms with Crippen molar-refractivity contribution < 1.29 is 4.79 Å². The summed E-state index contributed by atoms with van der Waals surface area (Å²) in [6, 6.07) is 9.86. The molecule has 1 aromatic carbocycles. The van der Waals surface area contributed by atoms with Gasteiger partial charge in [-0.25, -0.2) is 5.43 Å². The van der Waals surface area contributed by atoms with Crippen LogP contribution in [0.2, 0.25) is 0 Å². The van der Waals surface area contributed by atoms with Gasteiger partial charge in [-0.05, 0) is 26.0 Å². The topological polar surface area (TPSA) is 56.9 Å². The molecule has 0 saturated heterocycles. The van der Waals surface area contributed by atoms with E-state index in [-0.39, 0.29) is 11.9 Å². The van der Waals surface area contributed by atoms with E-state index in [1.165, 1.54) is 0 Å². The summed E-state index contributed by atoms with van der Waals surface area (Å²) in [4.78, 5) is 14.8. The highest BCUT2D eigenvalue weighted by atomic mass is 16.2. The van der Waals surface area contributed by atoms with Crippen molar-refractivity contribution >= 4 is 16.8 Å². The molecule has 4 nitrogen and oxygen atoms in total. The Hall–Kier alpha value is -1.81. The molecule has 0 aliphatic rings. The van der Waals surface area contributed by atoms with Crippen molar-refractivity contribution in [2.75, 3.05) is 0 Å². The number of rotatable bonds is 3. The molecule has 0 unspecified atom stereocenters. The number of amides is 1. The summed E-state index contributed by atoms with van der Waals surface area (Å²) in [6.45, 7) is 3.93. The minimum absolute atomic E-state index is 0.148. The largest absolute Gasteiger partial charge is 0.350 e. The number of hydrogen-bond acceptors (Lipinski definition) is 2. The molecule has 1 aromatic heterocycles. The fraction of sp³-hybridized carbons (Fsp3) is 0.250. The molecule has 0 atom stereocenters. The monoisotopic (exact) mass is 217 g/mol. The molecule has 2 rings (SSSR count). The molecule has 0 fully saturated rings. The average Bonchev–Trinajstić information content (AvgIpc) is 2.69. The number of H-pyrrole nitrogens is 1. The Morgan fingerprint density at radius 3 is 2.75 bits per heavy atom. The lowest BCUT2D eigenvalue weighted by Gasteiger charge is -2.08. The number of carbonyl (C=O) groups is 1. The number of hydrogen-bond donors (Lipinski definition) is 3. The molecule has 3 N–H and O–H groups in total. The molecular weight excluding hydrogens is 202 g/mol. The Balaban J connectivity index is 2.17. The van der Waals surface area contributed by atoms with Crippen LogP contribution in [0.1, 0.15) is 24.3 Å². The van der Waals surface area contributed by atoms with E-state index in [9.17, 15) is 4.79 Å². The summed E-state index contributed by atoms with van der Waals surface area (Å²) in [7, 11) is 0. The molecule has 0 aliphatic heterocycles. The van der Waals surface area contributed by atoms with Crippen molar-refractivity contribution in [3.05, 3.63) is 36.0 Å². The fourth-order valence-corrected chi connectivity index (χ4v) is 1.47. The first-order valence-corrected chi connectivity index (χ1v) is 5.30. The maximum Gasteiger partial charge on any atom is 0.281 e. The Morgan fingerprint density at radius 2 is 2.06 bits per heavy atom. The number of aromatic amines is 1. The Morgan fingerprint density at radius 1 is 1.31 bits per heavy atom. The molecule has 0 bridgehead atoms. The highest BCUT2D eigenvalue weighted by Gasteiger charge is 2.08. The van der Waals surface area contributed by atoms with Gasteiger partial charge in [0.15, 0.2) is 0 Å². The summed E-state index contributed by atoms with van der Waals surface area (Å²) in [6.07, 6.45) is 0. The fourth-order valence-electron chi connectivity index (χ4n) is 1.47. The zero-order chi connectivity index (χ0) is 11.5. The lowest BCUT2D eigenvalue weighted by atomic mass is 10.2. The number of hydrazine groups is 1. The van der Waals surface area contributed by atoms with Crippen LogP contribution in [-0.4, -0.2) is 16.9 Å². The Kier molecular flexibility index (Phi) is 2.92. The second kappa shape index (κ2) is 4.37. The van der Waals surface area contributed by atoms with Gasteiger partial charge in [-0.15, -0.1) is 0 Å². The van der Waals surface area contributed by atoms with E-state index in [1.807, 2.05) is 44.2 Å². The van der Waals surface area contributed by atoms with E-state index < -0.39 is 0 Å². The van der Waals surface area contributed by atoms with Crippen LogP contribution in [0.3, 0.4) is 0 Å². The average molecular weight is 217 g/mol. The quantitative estimate of drug-likeness (QED) is 0.687. The molecule has 16 heavy (non-hydrogen) atoms. The van der Waals surface area contributed by atoms with Gasteiger partial charge in [0.1, 0.15) is 5.69 Å². The predicted molar refractivity (Wildman–Crippen MR) is 64.0 cm³/mol. The van der Waals surface area contributed by atoms with E-state index in [4.69, 9.17) is 0 Å². The molecule has 0 radical (unpaired) electrons. The third-order valence-electron chi connectivity index (χ3n) is 2.25. The van der Waals surface area contributed by atoms with Gasteiger partial charge in [0, 0.05) is 16.9 Å². The number of fused-ring (bicyclic) bond motifs is 1. The van der Waals surface area contributed by atoms with Crippen LogP contribution in [0.25, 0.3) is 10.9 Å². The third kappa shape index (κ3) is 2.23. The second-order valence-electron chi connectivity index (χ2n) is 4.02. The van der Waals surface area contributed by atoms with Crippen molar-refractivity contribution in [2.24, 2.45) is 0 Å². The van der Waals surface area contributed by atoms with E-state index in [0.717, 1.165) is 10.9 Å². The molecule has 4 heteroatoms. The molecule has 1 amide bonds. The first-order chi connectivity index (χ1) is 7.66. The van der Waals surface area contributed by atoms with Crippen molar-refractivity contribution in [1.29, 1.82) is 0 Å². The van der Waals surface area contributed by atoms with Crippen LogP contribution in [0.5, 0.6) is 0 Å². The smallest absolute Gasteiger partial charge is 0.281 e. The van der Waals surface area contributed by atoms with Gasteiger partial charge in [-0.2, -0.15) is 0 Å². The molecule has 0 saturated carbocycles. The van der Waals surface area contributed by atoms with Gasteiger partial charge in [0.25, 0.3) is 5.91 Å². The molecule has 2 aromatic rings. The van der Waals surface area contributed by atoms with Gasteiger partial charge in [-0.3, -0.25) is 10.2 Å². The van der Waals surface area contributed by atoms with E-state index >= 15 is 0 Å². The highest BCUT2D eigenvalue weighted by Crippen LogP contribution is 2.14. The minimum Gasteiger partial charge on any atom is -0.350 e. The normalized spacial score (nSPS) is 10.9. The second-order valence-corrected chi connectivity index (χ2v) is 4.02. The van der Waals surface area contributed by atoms with Gasteiger partial charge in [0.2, 0.25) is 0 Å². The van der Waals surface area contributed by atoms with Crippen LogP contribution < -0.4 is 10.9 Å².